The van der Waals surface area contributed by atoms with Crippen LogP contribution in [0.2, 0.25) is 9.36 Å². The maximum atomic E-state index is 14.9. The molecule has 258 valence electrons. The third-order valence-electron chi connectivity index (χ3n) is 7.15. The number of halogens is 3. The van der Waals surface area contributed by atoms with Crippen molar-refractivity contribution >= 4 is 73.6 Å². The lowest BCUT2D eigenvalue weighted by Gasteiger charge is -2.21. The van der Waals surface area contributed by atoms with Gasteiger partial charge in [-0.3, -0.25) is 13.9 Å². The van der Waals surface area contributed by atoms with Gasteiger partial charge in [-0.2, -0.15) is 0 Å². The van der Waals surface area contributed by atoms with E-state index in [-0.39, 0.29) is 47.4 Å². The first-order chi connectivity index (χ1) is 23.8. The summed E-state index contributed by atoms with van der Waals surface area (Å²) in [5, 5.41) is 2.58. The Morgan fingerprint density at radius 1 is 0.900 bits per heavy atom. The van der Waals surface area contributed by atoms with E-state index in [2.05, 4.69) is 5.32 Å². The first-order valence-corrected chi connectivity index (χ1v) is 17.7. The normalized spacial score (nSPS) is 11.1. The predicted octanol–water partition coefficient (Wildman–Crippen LogP) is 8.13. The lowest BCUT2D eigenvalue weighted by molar-refractivity contribution is 0.0734. The van der Waals surface area contributed by atoms with Crippen LogP contribution in [0.1, 0.15) is 42.9 Å². The molecule has 0 fully saturated rings. The summed E-state index contributed by atoms with van der Waals surface area (Å²) in [7, 11) is -1.60. The third-order valence-corrected chi connectivity index (χ3v) is 10.6. The number of hydrogen-bond donors (Lipinski definition) is 1. The first kappa shape index (κ1) is 36.3. The van der Waals surface area contributed by atoms with Gasteiger partial charge in [0.05, 0.1) is 34.9 Å². The van der Waals surface area contributed by atoms with Gasteiger partial charge in [0, 0.05) is 35.5 Å². The van der Waals surface area contributed by atoms with Crippen molar-refractivity contribution in [3.8, 4) is 17.2 Å². The zero-order valence-corrected chi connectivity index (χ0v) is 29.7. The Balaban J connectivity index is 1.35. The number of nitrogens with zero attached hydrogens (tertiary/aromatic N) is 1. The molecular weight excluding hydrogens is 730 g/mol. The molecule has 1 heterocycles. The first-order valence-electron chi connectivity index (χ1n) is 14.6. The van der Waals surface area contributed by atoms with Crippen molar-refractivity contribution in [1.29, 1.82) is 0 Å². The van der Waals surface area contributed by atoms with E-state index in [4.69, 9.17) is 37.4 Å². The number of sulfonamides is 1. The van der Waals surface area contributed by atoms with Gasteiger partial charge >= 0.3 is 5.97 Å². The Morgan fingerprint density at radius 2 is 1.64 bits per heavy atom. The molecule has 5 aromatic rings. The van der Waals surface area contributed by atoms with E-state index in [0.717, 1.165) is 27.8 Å². The molecule has 10 nitrogen and oxygen atoms in total. The molecule has 0 aliphatic rings. The molecule has 15 heteroatoms. The summed E-state index contributed by atoms with van der Waals surface area (Å²) < 4.78 is 59.5. The largest absolute Gasteiger partial charge is 0.493 e. The van der Waals surface area contributed by atoms with Crippen molar-refractivity contribution < 1.29 is 41.4 Å². The van der Waals surface area contributed by atoms with Crippen molar-refractivity contribution in [2.45, 2.75) is 11.8 Å². The second-order valence-electron chi connectivity index (χ2n) is 10.4. The second-order valence-corrected chi connectivity index (χ2v) is 14.5. The fourth-order valence-corrected chi connectivity index (χ4v) is 7.84. The van der Waals surface area contributed by atoms with Crippen LogP contribution in [0, 0.1) is 5.82 Å². The van der Waals surface area contributed by atoms with Crippen molar-refractivity contribution in [1.82, 2.24) is 0 Å². The SMILES string of the molecule is CCOc1ccc(N(C)S(=O)(=O)c2cc(Cl)sc2C(=O)Nc2cc(Cl)cc(C(=O)Oc3ccc(C(=O)c4ccccc4)c(F)c3)c2)cc1OC. The molecule has 4 aromatic carbocycles. The highest BCUT2D eigenvalue weighted by Gasteiger charge is 2.31. The molecule has 0 unspecified atom stereocenters. The number of benzene rings is 4. The fourth-order valence-electron chi connectivity index (χ4n) is 4.73. The Labute approximate surface area is 301 Å². The number of methoxy groups -OCH3 is 1. The average molecular weight is 758 g/mol. The maximum absolute atomic E-state index is 14.9. The van der Waals surface area contributed by atoms with Crippen LogP contribution < -0.4 is 23.8 Å². The number of hydrogen-bond acceptors (Lipinski definition) is 9. The van der Waals surface area contributed by atoms with Gasteiger partial charge < -0.3 is 19.5 Å². The van der Waals surface area contributed by atoms with E-state index in [1.807, 2.05) is 0 Å². The van der Waals surface area contributed by atoms with E-state index >= 15 is 0 Å². The van der Waals surface area contributed by atoms with Gasteiger partial charge in [0.2, 0.25) is 0 Å². The summed E-state index contributed by atoms with van der Waals surface area (Å²) in [6, 6.07) is 21.1. The Kier molecular flexibility index (Phi) is 11.1. The van der Waals surface area contributed by atoms with Crippen LogP contribution in [0.5, 0.6) is 17.2 Å². The zero-order valence-electron chi connectivity index (χ0n) is 26.5. The highest BCUT2D eigenvalue weighted by Crippen LogP contribution is 2.37. The second kappa shape index (κ2) is 15.3. The maximum Gasteiger partial charge on any atom is 0.343 e. The Bertz CT molecular complexity index is 2210. The van der Waals surface area contributed by atoms with E-state index in [0.29, 0.717) is 23.7 Å². The third kappa shape index (κ3) is 7.92. The molecular formula is C35H27Cl2FN2O8S2. The van der Waals surface area contributed by atoms with Crippen LogP contribution in [0.25, 0.3) is 0 Å². The molecule has 0 saturated heterocycles. The zero-order chi connectivity index (χ0) is 36.2. The summed E-state index contributed by atoms with van der Waals surface area (Å²) in [5.74, 6) is -2.67. The minimum atomic E-state index is -4.33. The number of esters is 1. The van der Waals surface area contributed by atoms with E-state index in [1.165, 1.54) is 56.6 Å². The summed E-state index contributed by atoms with van der Waals surface area (Å²) >= 11 is 13.2. The molecule has 0 radical (unpaired) electrons. The number of ether oxygens (including phenoxy) is 3. The summed E-state index contributed by atoms with van der Waals surface area (Å²) in [5.41, 5.74) is 0.235. The van der Waals surface area contributed by atoms with Gasteiger partial charge in [-0.15, -0.1) is 11.3 Å². The van der Waals surface area contributed by atoms with Crippen LogP contribution in [0.3, 0.4) is 0 Å². The van der Waals surface area contributed by atoms with Gasteiger partial charge in [0.1, 0.15) is 21.3 Å². The minimum absolute atomic E-state index is 0.0295. The number of nitrogens with one attached hydrogen (secondary N) is 1. The summed E-state index contributed by atoms with van der Waals surface area (Å²) in [6.07, 6.45) is 0. The smallest absolute Gasteiger partial charge is 0.343 e. The number of carbonyl (C=O) groups is 3. The lowest BCUT2D eigenvalue weighted by atomic mass is 10.0. The number of thiophene rings is 1. The molecule has 5 rings (SSSR count). The lowest BCUT2D eigenvalue weighted by Crippen LogP contribution is -2.28. The monoisotopic (exact) mass is 756 g/mol. The fraction of sp³-hybridized carbons (Fsp3) is 0.114. The van der Waals surface area contributed by atoms with E-state index < -0.39 is 33.5 Å². The standard InChI is InChI=1S/C35H27Cl2FN2O8S2/c1-4-47-28-13-10-24(17-29(28)46-3)40(2)50(44,45)30-19-31(37)49-33(30)34(42)39-23-15-21(14-22(36)16-23)35(43)48-25-11-12-26(27(38)18-25)32(41)20-8-6-5-7-9-20/h5-19H,4H2,1-3H3,(H,39,42). The quantitative estimate of drug-likeness (QED) is 0.0768. The Morgan fingerprint density at radius 3 is 2.32 bits per heavy atom. The molecule has 1 amide bonds. The average Bonchev–Trinajstić information content (AvgIpc) is 3.51. The molecule has 50 heavy (non-hydrogen) atoms. The van der Waals surface area contributed by atoms with Gasteiger partial charge in [-0.05, 0) is 55.5 Å². The summed E-state index contributed by atoms with van der Waals surface area (Å²) in [4.78, 5) is 38.6. The van der Waals surface area contributed by atoms with Crippen LogP contribution >= 0.6 is 34.5 Å². The topological polar surface area (TPSA) is 128 Å². The number of carbonyl (C=O) groups excluding carboxylic acids is 3. The van der Waals surface area contributed by atoms with E-state index in [9.17, 15) is 27.2 Å². The number of rotatable bonds is 12. The van der Waals surface area contributed by atoms with Gasteiger partial charge in [0.25, 0.3) is 15.9 Å². The number of amides is 1. The molecule has 0 aliphatic carbocycles. The van der Waals surface area contributed by atoms with Crippen LogP contribution in [-0.4, -0.2) is 46.8 Å². The molecule has 0 aliphatic heterocycles. The summed E-state index contributed by atoms with van der Waals surface area (Å²) in [6.45, 7) is 2.17. The van der Waals surface area contributed by atoms with Crippen molar-refractivity contribution in [3.63, 3.8) is 0 Å². The van der Waals surface area contributed by atoms with Crippen molar-refractivity contribution in [3.05, 3.63) is 128 Å². The van der Waals surface area contributed by atoms with Crippen LogP contribution in [0.4, 0.5) is 15.8 Å². The molecule has 0 atom stereocenters. The van der Waals surface area contributed by atoms with Gasteiger partial charge in [-0.1, -0.05) is 53.5 Å². The molecule has 0 saturated carbocycles. The van der Waals surface area contributed by atoms with Crippen LogP contribution in [0.15, 0.2) is 95.9 Å². The number of anilines is 2. The van der Waals surface area contributed by atoms with Gasteiger partial charge in [-0.25, -0.2) is 17.6 Å². The van der Waals surface area contributed by atoms with Crippen molar-refractivity contribution in [2.24, 2.45) is 0 Å². The van der Waals surface area contributed by atoms with Crippen LogP contribution in [-0.2, 0) is 10.0 Å². The van der Waals surface area contributed by atoms with E-state index in [1.54, 1.807) is 43.3 Å². The minimum Gasteiger partial charge on any atom is -0.493 e. The highest BCUT2D eigenvalue weighted by atomic mass is 35.5. The Hall–Kier alpha value is -4.95. The molecule has 0 spiro atoms. The molecule has 0 bridgehead atoms. The molecule has 1 N–H and O–H groups in total. The predicted molar refractivity (Wildman–Crippen MR) is 190 cm³/mol. The van der Waals surface area contributed by atoms with Gasteiger partial charge in [0.15, 0.2) is 17.3 Å². The number of ketones is 1. The van der Waals surface area contributed by atoms with Crippen molar-refractivity contribution in [2.75, 3.05) is 30.4 Å². The highest BCUT2D eigenvalue weighted by molar-refractivity contribution is 7.93. The molecule has 1 aromatic heterocycles.